The third kappa shape index (κ3) is 2.95. The molecule has 0 aromatic rings. The first-order valence-electron chi connectivity index (χ1n) is 6.48. The van der Waals surface area contributed by atoms with Gasteiger partial charge in [0.25, 0.3) is 0 Å². The smallest absolute Gasteiger partial charge is 0.239 e. The highest BCUT2D eigenvalue weighted by atomic mass is 16.2. The van der Waals surface area contributed by atoms with Gasteiger partial charge in [0.2, 0.25) is 5.91 Å². The van der Waals surface area contributed by atoms with E-state index >= 15 is 0 Å². The quantitative estimate of drug-likeness (QED) is 0.747. The van der Waals surface area contributed by atoms with E-state index in [1.54, 1.807) is 0 Å². The molecule has 1 N–H and O–H groups in total. The highest BCUT2D eigenvalue weighted by Crippen LogP contribution is 2.09. The molecule has 92 valence electrons. The number of amides is 1. The molecule has 1 unspecified atom stereocenters. The highest BCUT2D eigenvalue weighted by molar-refractivity contribution is 5.83. The van der Waals surface area contributed by atoms with E-state index in [0.717, 1.165) is 26.1 Å². The number of hydrogen-bond acceptors (Lipinski definition) is 3. The zero-order valence-corrected chi connectivity index (χ0v) is 10.2. The summed E-state index contributed by atoms with van der Waals surface area (Å²) in [6, 6.07) is 0.0785. The number of nitrogens with zero attached hydrogens (tertiary/aromatic N) is 2. The van der Waals surface area contributed by atoms with Gasteiger partial charge < -0.3 is 15.1 Å². The van der Waals surface area contributed by atoms with Crippen molar-refractivity contribution >= 4 is 5.91 Å². The summed E-state index contributed by atoms with van der Waals surface area (Å²) in [6.07, 6.45) is 5.03. The van der Waals surface area contributed by atoms with Crippen LogP contribution < -0.4 is 5.32 Å². The molecule has 4 heteroatoms. The Balaban J connectivity index is 1.62. The van der Waals surface area contributed by atoms with Gasteiger partial charge in [-0.05, 0) is 32.4 Å². The Labute approximate surface area is 98.0 Å². The molecule has 0 bridgehead atoms. The lowest BCUT2D eigenvalue weighted by atomic mass is 10.1. The lowest BCUT2D eigenvalue weighted by Crippen LogP contribution is -2.42. The van der Waals surface area contributed by atoms with Gasteiger partial charge in [0, 0.05) is 26.7 Å². The van der Waals surface area contributed by atoms with Crippen LogP contribution in [0.1, 0.15) is 25.7 Å². The van der Waals surface area contributed by atoms with Gasteiger partial charge in [0.05, 0.1) is 6.04 Å². The summed E-state index contributed by atoms with van der Waals surface area (Å²) in [5.74, 6) is 0.263. The van der Waals surface area contributed by atoms with Gasteiger partial charge in [-0.15, -0.1) is 0 Å². The Morgan fingerprint density at radius 3 is 2.62 bits per heavy atom. The Kier molecular flexibility index (Phi) is 4.18. The summed E-state index contributed by atoms with van der Waals surface area (Å²) in [5.41, 5.74) is 0. The van der Waals surface area contributed by atoms with Gasteiger partial charge in [0.15, 0.2) is 0 Å². The summed E-state index contributed by atoms with van der Waals surface area (Å²) in [4.78, 5) is 16.0. The lowest BCUT2D eigenvalue weighted by molar-refractivity contribution is -0.128. The topological polar surface area (TPSA) is 35.6 Å². The average Bonchev–Trinajstić information content (AvgIpc) is 2.62. The van der Waals surface area contributed by atoms with Gasteiger partial charge in [-0.25, -0.2) is 0 Å². The molecule has 1 atom stereocenters. The van der Waals surface area contributed by atoms with Crippen molar-refractivity contribution in [2.24, 2.45) is 0 Å². The van der Waals surface area contributed by atoms with Gasteiger partial charge in [-0.1, -0.05) is 6.42 Å². The highest BCUT2D eigenvalue weighted by Gasteiger charge is 2.28. The van der Waals surface area contributed by atoms with Crippen LogP contribution in [0, 0.1) is 0 Å². The maximum Gasteiger partial charge on any atom is 0.239 e. The largest absolute Gasteiger partial charge is 0.344 e. The van der Waals surface area contributed by atoms with E-state index < -0.39 is 0 Å². The Morgan fingerprint density at radius 1 is 1.25 bits per heavy atom. The maximum absolute atomic E-state index is 11.6. The van der Waals surface area contributed by atoms with Crippen LogP contribution >= 0.6 is 0 Å². The first kappa shape index (κ1) is 11.9. The second-order valence-electron chi connectivity index (χ2n) is 4.96. The van der Waals surface area contributed by atoms with Gasteiger partial charge in [-0.3, -0.25) is 4.79 Å². The number of nitrogens with one attached hydrogen (secondary N) is 1. The van der Waals surface area contributed by atoms with E-state index in [2.05, 4.69) is 10.2 Å². The van der Waals surface area contributed by atoms with Crippen molar-refractivity contribution in [2.75, 3.05) is 39.8 Å². The van der Waals surface area contributed by atoms with Crippen LogP contribution in [0.5, 0.6) is 0 Å². The molecule has 0 aliphatic carbocycles. The summed E-state index contributed by atoms with van der Waals surface area (Å²) in [5, 5.41) is 3.38. The number of hydrogen-bond donors (Lipinski definition) is 1. The van der Waals surface area contributed by atoms with Gasteiger partial charge >= 0.3 is 0 Å². The molecule has 0 saturated carbocycles. The fourth-order valence-electron chi connectivity index (χ4n) is 2.59. The minimum Gasteiger partial charge on any atom is -0.344 e. The predicted octanol–water partition coefficient (Wildman–Crippen LogP) is 0.293. The van der Waals surface area contributed by atoms with E-state index in [1.807, 2.05) is 11.9 Å². The summed E-state index contributed by atoms with van der Waals surface area (Å²) in [6.45, 7) is 5.42. The summed E-state index contributed by atoms with van der Waals surface area (Å²) < 4.78 is 0. The van der Waals surface area contributed by atoms with Crippen LogP contribution in [0.15, 0.2) is 0 Å². The number of carbonyl (C=O) groups is 1. The monoisotopic (exact) mass is 225 g/mol. The van der Waals surface area contributed by atoms with E-state index in [4.69, 9.17) is 0 Å². The van der Waals surface area contributed by atoms with Crippen molar-refractivity contribution in [2.45, 2.75) is 31.7 Å². The van der Waals surface area contributed by atoms with Gasteiger partial charge in [-0.2, -0.15) is 0 Å². The van der Waals surface area contributed by atoms with Gasteiger partial charge in [0.1, 0.15) is 0 Å². The molecule has 2 heterocycles. The summed E-state index contributed by atoms with van der Waals surface area (Å²) in [7, 11) is 1.88. The second kappa shape index (κ2) is 5.64. The zero-order valence-electron chi connectivity index (χ0n) is 10.2. The molecule has 4 nitrogen and oxygen atoms in total. The molecule has 0 aromatic carbocycles. The molecular formula is C12H23N3O. The molecule has 16 heavy (non-hydrogen) atoms. The van der Waals surface area contributed by atoms with Crippen LogP contribution in [0.4, 0.5) is 0 Å². The molecule has 2 aliphatic heterocycles. The third-order valence-corrected chi connectivity index (χ3v) is 3.69. The van der Waals surface area contributed by atoms with E-state index in [0.29, 0.717) is 0 Å². The molecule has 0 spiro atoms. The van der Waals surface area contributed by atoms with Crippen molar-refractivity contribution in [3.63, 3.8) is 0 Å². The molecule has 0 aromatic heterocycles. The lowest BCUT2D eigenvalue weighted by Gasteiger charge is -2.26. The summed E-state index contributed by atoms with van der Waals surface area (Å²) >= 11 is 0. The van der Waals surface area contributed by atoms with Crippen LogP contribution in [0.25, 0.3) is 0 Å². The first-order chi connectivity index (χ1) is 7.77. The van der Waals surface area contributed by atoms with Crippen LogP contribution in [0.3, 0.4) is 0 Å². The normalized spacial score (nSPS) is 27.7. The fourth-order valence-corrected chi connectivity index (χ4v) is 2.59. The Hall–Kier alpha value is -0.610. The minimum absolute atomic E-state index is 0.0785. The van der Waals surface area contributed by atoms with Crippen molar-refractivity contribution in [3.05, 3.63) is 0 Å². The van der Waals surface area contributed by atoms with Crippen LogP contribution in [0.2, 0.25) is 0 Å². The molecule has 2 fully saturated rings. The molecule has 1 amide bonds. The first-order valence-corrected chi connectivity index (χ1v) is 6.48. The zero-order chi connectivity index (χ0) is 11.4. The third-order valence-electron chi connectivity index (χ3n) is 3.69. The van der Waals surface area contributed by atoms with E-state index in [-0.39, 0.29) is 11.9 Å². The minimum atomic E-state index is 0.0785. The number of rotatable bonds is 4. The molecule has 0 radical (unpaired) electrons. The Morgan fingerprint density at radius 2 is 2.00 bits per heavy atom. The van der Waals surface area contributed by atoms with Crippen molar-refractivity contribution < 1.29 is 4.79 Å². The standard InChI is InChI=1S/C12H23N3O/c1-14-9-5-11(12(14)16)13-6-10-15-7-3-2-4-8-15/h11,13H,2-10H2,1H3. The molecule has 2 aliphatic rings. The van der Waals surface area contributed by atoms with E-state index in [9.17, 15) is 4.79 Å². The molecule has 2 saturated heterocycles. The van der Waals surface area contributed by atoms with Crippen molar-refractivity contribution in [1.82, 2.24) is 15.1 Å². The SMILES string of the molecule is CN1CCC(NCCN2CCCCC2)C1=O. The van der Waals surface area contributed by atoms with Crippen molar-refractivity contribution in [1.29, 1.82) is 0 Å². The number of carbonyl (C=O) groups excluding carboxylic acids is 1. The number of likely N-dealkylation sites (N-methyl/N-ethyl adjacent to an activating group) is 1. The molecular weight excluding hydrogens is 202 g/mol. The predicted molar refractivity (Wildman–Crippen MR) is 64.3 cm³/mol. The number of piperidine rings is 1. The number of likely N-dealkylation sites (tertiary alicyclic amines) is 2. The van der Waals surface area contributed by atoms with Crippen molar-refractivity contribution in [3.8, 4) is 0 Å². The molecule has 2 rings (SSSR count). The van der Waals surface area contributed by atoms with E-state index in [1.165, 1.54) is 32.4 Å². The van der Waals surface area contributed by atoms with Crippen LogP contribution in [-0.4, -0.2) is 61.5 Å². The maximum atomic E-state index is 11.6. The average molecular weight is 225 g/mol. The Bertz CT molecular complexity index is 238. The van der Waals surface area contributed by atoms with Crippen LogP contribution in [-0.2, 0) is 4.79 Å². The second-order valence-corrected chi connectivity index (χ2v) is 4.96. The fraction of sp³-hybridized carbons (Fsp3) is 0.917.